The molecule has 4 N–H and O–H groups in total. The molecule has 1 fully saturated rings. The normalized spacial score (nSPS) is 19.1. The molecule has 0 bridgehead atoms. The fourth-order valence-corrected chi connectivity index (χ4v) is 3.97. The van der Waals surface area contributed by atoms with Gasteiger partial charge in [0.2, 0.25) is 0 Å². The van der Waals surface area contributed by atoms with Gasteiger partial charge in [-0.15, -0.1) is 0 Å². The van der Waals surface area contributed by atoms with Crippen molar-refractivity contribution in [3.63, 3.8) is 0 Å². The number of carboxylic acids is 1. The summed E-state index contributed by atoms with van der Waals surface area (Å²) in [7, 11) is 0. The maximum Gasteiger partial charge on any atom is 0.339 e. The third-order valence-electron chi connectivity index (χ3n) is 5.39. The minimum absolute atomic E-state index is 0.0387. The van der Waals surface area contributed by atoms with E-state index in [-0.39, 0.29) is 17.4 Å². The van der Waals surface area contributed by atoms with Crippen LogP contribution in [0.2, 0.25) is 0 Å². The number of nitrogen functional groups attached to an aromatic ring is 1. The number of aryl methyl sites for hydroxylation is 1. The molecule has 0 unspecified atom stereocenters. The molecule has 2 aromatic heterocycles. The monoisotopic (exact) mass is 392 g/mol. The lowest BCUT2D eigenvalue weighted by Crippen LogP contribution is -2.31. The summed E-state index contributed by atoms with van der Waals surface area (Å²) in [5, 5.41) is 13.5. The molecule has 7 heteroatoms. The van der Waals surface area contributed by atoms with Crippen LogP contribution in [-0.4, -0.2) is 33.2 Å². The molecule has 150 valence electrons. The maximum atomic E-state index is 11.6. The predicted octanol–water partition coefficient (Wildman–Crippen LogP) is 4.02. The standard InChI is InChI=1S/C22H24N4O3/c1-13-19(22(27)28)21(23)20-16(25-13)5-4-6-17(20)29-15-10-8-14(9-11-15)26-18-7-2-3-12-24-18/h2-7,12,14-15H,8-11H2,1H3,(H2,23,25)(H,24,26)(H,27,28). The number of aromatic carboxylic acids is 1. The summed E-state index contributed by atoms with van der Waals surface area (Å²) in [6.45, 7) is 1.66. The molecule has 1 saturated carbocycles. The number of nitrogens with two attached hydrogens (primary N) is 1. The zero-order valence-corrected chi connectivity index (χ0v) is 16.3. The van der Waals surface area contributed by atoms with E-state index in [1.54, 1.807) is 13.1 Å². The number of hydrogen-bond donors (Lipinski definition) is 3. The Morgan fingerprint density at radius 2 is 1.97 bits per heavy atom. The summed E-state index contributed by atoms with van der Waals surface area (Å²) >= 11 is 0. The lowest BCUT2D eigenvalue weighted by Gasteiger charge is -2.30. The van der Waals surface area contributed by atoms with Gasteiger partial charge in [0.05, 0.1) is 28.4 Å². The molecule has 0 aliphatic heterocycles. The highest BCUT2D eigenvalue weighted by Crippen LogP contribution is 2.35. The molecular weight excluding hydrogens is 368 g/mol. The number of aromatic nitrogens is 2. The summed E-state index contributed by atoms with van der Waals surface area (Å²) in [5.41, 5.74) is 7.51. The van der Waals surface area contributed by atoms with Crippen LogP contribution in [0.3, 0.4) is 0 Å². The number of carboxylic acid groups (broad SMARTS) is 1. The Morgan fingerprint density at radius 3 is 2.66 bits per heavy atom. The second-order valence-electron chi connectivity index (χ2n) is 7.39. The molecular formula is C22H24N4O3. The lowest BCUT2D eigenvalue weighted by atomic mass is 9.93. The van der Waals surface area contributed by atoms with E-state index in [0.717, 1.165) is 31.5 Å². The van der Waals surface area contributed by atoms with Crippen molar-refractivity contribution in [2.75, 3.05) is 11.1 Å². The van der Waals surface area contributed by atoms with Gasteiger partial charge in [-0.1, -0.05) is 12.1 Å². The summed E-state index contributed by atoms with van der Waals surface area (Å²) in [4.78, 5) is 20.3. The van der Waals surface area contributed by atoms with Gasteiger partial charge in [-0.25, -0.2) is 9.78 Å². The Labute approximate surface area is 168 Å². The van der Waals surface area contributed by atoms with Crippen molar-refractivity contribution in [3.8, 4) is 5.75 Å². The van der Waals surface area contributed by atoms with Crippen molar-refractivity contribution in [3.05, 3.63) is 53.9 Å². The van der Waals surface area contributed by atoms with Crippen molar-refractivity contribution in [1.82, 2.24) is 9.97 Å². The average molecular weight is 392 g/mol. The minimum atomic E-state index is -1.08. The highest BCUT2D eigenvalue weighted by molar-refractivity contribution is 6.06. The zero-order chi connectivity index (χ0) is 20.4. The van der Waals surface area contributed by atoms with Gasteiger partial charge in [0.15, 0.2) is 0 Å². The van der Waals surface area contributed by atoms with Gasteiger partial charge >= 0.3 is 5.97 Å². The molecule has 0 atom stereocenters. The summed E-state index contributed by atoms with van der Waals surface area (Å²) in [5.74, 6) is 0.405. The molecule has 0 spiro atoms. The Bertz CT molecular complexity index is 1030. The second kappa shape index (κ2) is 7.95. The van der Waals surface area contributed by atoms with Gasteiger partial charge < -0.3 is 20.9 Å². The lowest BCUT2D eigenvalue weighted by molar-refractivity contribution is 0.0697. The van der Waals surface area contributed by atoms with Crippen LogP contribution in [0.15, 0.2) is 42.6 Å². The maximum absolute atomic E-state index is 11.6. The Kier molecular flexibility index (Phi) is 5.20. The number of rotatable bonds is 5. The Hall–Kier alpha value is -3.35. The fourth-order valence-electron chi connectivity index (χ4n) is 3.97. The van der Waals surface area contributed by atoms with Gasteiger partial charge in [-0.3, -0.25) is 4.98 Å². The van der Waals surface area contributed by atoms with E-state index >= 15 is 0 Å². The number of hydrogen-bond acceptors (Lipinski definition) is 6. The van der Waals surface area contributed by atoms with E-state index in [2.05, 4.69) is 15.3 Å². The number of benzene rings is 1. The van der Waals surface area contributed by atoms with Gasteiger partial charge in [0.1, 0.15) is 17.1 Å². The van der Waals surface area contributed by atoms with Crippen LogP contribution in [0.5, 0.6) is 5.75 Å². The van der Waals surface area contributed by atoms with Gasteiger partial charge in [-0.05, 0) is 56.9 Å². The van der Waals surface area contributed by atoms with Crippen LogP contribution in [-0.2, 0) is 0 Å². The number of carbonyl (C=O) groups is 1. The number of anilines is 2. The highest BCUT2D eigenvalue weighted by Gasteiger charge is 2.24. The summed E-state index contributed by atoms with van der Waals surface area (Å²) in [6.07, 6.45) is 5.57. The van der Waals surface area contributed by atoms with Crippen LogP contribution < -0.4 is 15.8 Å². The number of nitrogens with zero attached hydrogens (tertiary/aromatic N) is 2. The summed E-state index contributed by atoms with van der Waals surface area (Å²) < 4.78 is 6.27. The van der Waals surface area contributed by atoms with E-state index in [9.17, 15) is 9.90 Å². The van der Waals surface area contributed by atoms with E-state index < -0.39 is 5.97 Å². The first kappa shape index (κ1) is 19.0. The first-order valence-electron chi connectivity index (χ1n) is 9.79. The molecule has 0 amide bonds. The smallest absolute Gasteiger partial charge is 0.339 e. The number of ether oxygens (including phenoxy) is 1. The van der Waals surface area contributed by atoms with Gasteiger partial charge in [0, 0.05) is 12.2 Å². The molecule has 29 heavy (non-hydrogen) atoms. The van der Waals surface area contributed by atoms with Crippen LogP contribution in [0, 0.1) is 6.92 Å². The minimum Gasteiger partial charge on any atom is -0.490 e. The molecule has 3 aromatic rings. The molecule has 0 radical (unpaired) electrons. The zero-order valence-electron chi connectivity index (χ0n) is 16.3. The van der Waals surface area contributed by atoms with Crippen molar-refractivity contribution in [2.45, 2.75) is 44.8 Å². The molecule has 4 rings (SSSR count). The number of pyridine rings is 2. The van der Waals surface area contributed by atoms with E-state index in [1.807, 2.05) is 36.4 Å². The quantitative estimate of drug-likeness (QED) is 0.601. The van der Waals surface area contributed by atoms with Gasteiger partial charge in [-0.2, -0.15) is 0 Å². The second-order valence-corrected chi connectivity index (χ2v) is 7.39. The van der Waals surface area contributed by atoms with E-state index in [4.69, 9.17) is 10.5 Å². The van der Waals surface area contributed by atoms with Crippen molar-refractivity contribution >= 4 is 28.4 Å². The Morgan fingerprint density at radius 1 is 1.17 bits per heavy atom. The third-order valence-corrected chi connectivity index (χ3v) is 5.39. The van der Waals surface area contributed by atoms with Crippen LogP contribution >= 0.6 is 0 Å². The van der Waals surface area contributed by atoms with E-state index in [1.165, 1.54) is 0 Å². The largest absolute Gasteiger partial charge is 0.490 e. The number of nitrogens with one attached hydrogen (secondary N) is 1. The van der Waals surface area contributed by atoms with Crippen molar-refractivity contribution in [1.29, 1.82) is 0 Å². The molecule has 7 nitrogen and oxygen atoms in total. The first-order valence-corrected chi connectivity index (χ1v) is 9.79. The van der Waals surface area contributed by atoms with Crippen molar-refractivity contribution < 1.29 is 14.6 Å². The highest BCUT2D eigenvalue weighted by atomic mass is 16.5. The molecule has 2 heterocycles. The predicted molar refractivity (Wildman–Crippen MR) is 112 cm³/mol. The average Bonchev–Trinajstić information content (AvgIpc) is 2.70. The molecule has 0 saturated heterocycles. The fraction of sp³-hybridized carbons (Fsp3) is 0.318. The molecule has 1 aliphatic carbocycles. The third kappa shape index (κ3) is 3.94. The van der Waals surface area contributed by atoms with Gasteiger partial charge in [0.25, 0.3) is 0 Å². The summed E-state index contributed by atoms with van der Waals surface area (Å²) in [6, 6.07) is 11.7. The molecule has 1 aliphatic rings. The molecule has 1 aromatic carbocycles. The van der Waals surface area contributed by atoms with Crippen LogP contribution in [0.1, 0.15) is 41.7 Å². The first-order chi connectivity index (χ1) is 14.0. The number of fused-ring (bicyclic) bond motifs is 1. The topological polar surface area (TPSA) is 110 Å². The van der Waals surface area contributed by atoms with Crippen molar-refractivity contribution in [2.24, 2.45) is 0 Å². The van der Waals surface area contributed by atoms with Crippen LogP contribution in [0.4, 0.5) is 11.5 Å². The SMILES string of the molecule is Cc1nc2cccc(OC3CCC(Nc4ccccn4)CC3)c2c(N)c1C(=O)O. The van der Waals surface area contributed by atoms with Crippen LogP contribution in [0.25, 0.3) is 10.9 Å². The van der Waals surface area contributed by atoms with E-state index in [0.29, 0.717) is 28.4 Å². The Balaban J connectivity index is 1.50.